The molecule has 0 amide bonds. The zero-order chi connectivity index (χ0) is 16.5. The Hall–Kier alpha value is -2.44. The number of fused-ring (bicyclic) bond motifs is 1. The molecule has 0 saturated carbocycles. The molecule has 0 aliphatic heterocycles. The van der Waals surface area contributed by atoms with E-state index in [9.17, 15) is 4.39 Å². The zero-order valence-corrected chi connectivity index (χ0v) is 13.9. The Labute approximate surface area is 145 Å². The lowest BCUT2D eigenvalue weighted by atomic mass is 10.2. The second-order valence-corrected chi connectivity index (χ2v) is 6.84. The van der Waals surface area contributed by atoms with Gasteiger partial charge in [0, 0.05) is 22.3 Å². The summed E-state index contributed by atoms with van der Waals surface area (Å²) < 4.78 is 19.6. The van der Waals surface area contributed by atoms with Gasteiger partial charge < -0.3 is 9.73 Å². The van der Waals surface area contributed by atoms with Crippen LogP contribution >= 0.6 is 22.9 Å². The van der Waals surface area contributed by atoms with Crippen LogP contribution < -0.4 is 5.32 Å². The average Bonchev–Trinajstić information content (AvgIpc) is 3.18. The van der Waals surface area contributed by atoms with Crippen LogP contribution in [0.1, 0.15) is 4.88 Å². The van der Waals surface area contributed by atoms with Crippen molar-refractivity contribution in [2.24, 2.45) is 0 Å². The van der Waals surface area contributed by atoms with Crippen LogP contribution in [0.25, 0.3) is 22.6 Å². The molecular formula is C17H11ClFN3OS. The molecule has 0 atom stereocenters. The van der Waals surface area contributed by atoms with Gasteiger partial charge in [0.25, 0.3) is 0 Å². The summed E-state index contributed by atoms with van der Waals surface area (Å²) >= 11 is 7.26. The first kappa shape index (κ1) is 15.1. The van der Waals surface area contributed by atoms with Crippen LogP contribution in [0.15, 0.2) is 53.1 Å². The predicted octanol–water partition coefficient (Wildman–Crippen LogP) is 5.36. The molecule has 0 unspecified atom stereocenters. The lowest BCUT2D eigenvalue weighted by molar-refractivity contribution is 0.611. The Balaban J connectivity index is 1.59. The van der Waals surface area contributed by atoms with Gasteiger partial charge >= 0.3 is 0 Å². The number of halogens is 2. The number of rotatable bonds is 4. The minimum Gasteiger partial charge on any atom is -0.436 e. The first-order valence-corrected chi connectivity index (χ1v) is 8.37. The molecule has 2 aromatic carbocycles. The SMILES string of the molecule is Fc1cccc(-c2nc3cc(NCc4cnc(Cl)s4)ccc3o2)c1. The second-order valence-electron chi connectivity index (χ2n) is 5.14. The van der Waals surface area contributed by atoms with Crippen molar-refractivity contribution in [1.29, 1.82) is 0 Å². The smallest absolute Gasteiger partial charge is 0.227 e. The lowest BCUT2D eigenvalue weighted by Crippen LogP contribution is -1.96. The Kier molecular flexibility index (Phi) is 3.92. The summed E-state index contributed by atoms with van der Waals surface area (Å²) in [5, 5.41) is 3.29. The van der Waals surface area contributed by atoms with Crippen molar-refractivity contribution < 1.29 is 8.81 Å². The highest BCUT2D eigenvalue weighted by Gasteiger charge is 2.09. The summed E-state index contributed by atoms with van der Waals surface area (Å²) in [6.07, 6.45) is 1.75. The van der Waals surface area contributed by atoms with Crippen molar-refractivity contribution >= 4 is 39.7 Å². The molecule has 2 aromatic heterocycles. The zero-order valence-electron chi connectivity index (χ0n) is 12.3. The fourth-order valence-corrected chi connectivity index (χ4v) is 3.25. The first-order valence-electron chi connectivity index (χ1n) is 7.18. The molecule has 7 heteroatoms. The topological polar surface area (TPSA) is 51.0 Å². The Morgan fingerprint density at radius 1 is 1.21 bits per heavy atom. The van der Waals surface area contributed by atoms with Crippen molar-refractivity contribution in [3.05, 3.63) is 63.8 Å². The minimum absolute atomic E-state index is 0.319. The van der Waals surface area contributed by atoms with Gasteiger partial charge in [-0.1, -0.05) is 17.7 Å². The highest BCUT2D eigenvalue weighted by atomic mass is 35.5. The van der Waals surface area contributed by atoms with Gasteiger partial charge in [-0.05, 0) is 36.4 Å². The van der Waals surface area contributed by atoms with Gasteiger partial charge in [0.1, 0.15) is 11.3 Å². The maximum Gasteiger partial charge on any atom is 0.227 e. The van der Waals surface area contributed by atoms with Crippen molar-refractivity contribution in [3.8, 4) is 11.5 Å². The number of nitrogens with zero attached hydrogens (tertiary/aromatic N) is 2. The molecule has 0 spiro atoms. The van der Waals surface area contributed by atoms with Crippen molar-refractivity contribution in [2.75, 3.05) is 5.32 Å². The van der Waals surface area contributed by atoms with Crippen molar-refractivity contribution in [2.45, 2.75) is 6.54 Å². The van der Waals surface area contributed by atoms with Gasteiger partial charge in [0.05, 0.1) is 6.54 Å². The van der Waals surface area contributed by atoms with Crippen LogP contribution in [0.2, 0.25) is 4.47 Å². The third-order valence-electron chi connectivity index (χ3n) is 3.45. The maximum atomic E-state index is 13.3. The quantitative estimate of drug-likeness (QED) is 0.533. The number of thiazole rings is 1. The van der Waals surface area contributed by atoms with E-state index in [2.05, 4.69) is 15.3 Å². The molecule has 120 valence electrons. The van der Waals surface area contributed by atoms with Gasteiger partial charge in [-0.2, -0.15) is 0 Å². The van der Waals surface area contributed by atoms with Crippen molar-refractivity contribution in [1.82, 2.24) is 9.97 Å². The highest BCUT2D eigenvalue weighted by molar-refractivity contribution is 7.15. The summed E-state index contributed by atoms with van der Waals surface area (Å²) in [5.41, 5.74) is 2.88. The summed E-state index contributed by atoms with van der Waals surface area (Å²) in [5.74, 6) is 0.0798. The molecular weight excluding hydrogens is 349 g/mol. The number of nitrogens with one attached hydrogen (secondary N) is 1. The van der Waals surface area contributed by atoms with Gasteiger partial charge in [0.15, 0.2) is 10.0 Å². The third-order valence-corrected chi connectivity index (χ3v) is 4.57. The largest absolute Gasteiger partial charge is 0.436 e. The minimum atomic E-state index is -0.319. The van der Waals surface area contributed by atoms with E-state index in [1.165, 1.54) is 23.5 Å². The Morgan fingerprint density at radius 3 is 2.92 bits per heavy atom. The lowest BCUT2D eigenvalue weighted by Gasteiger charge is -2.03. The standard InChI is InChI=1S/C17H11ClFN3OS/c18-17-21-9-13(24-17)8-20-12-4-5-15-14(7-12)22-16(23-15)10-2-1-3-11(19)6-10/h1-7,9,20H,8H2. The maximum absolute atomic E-state index is 13.3. The number of anilines is 1. The summed E-state index contributed by atoms with van der Waals surface area (Å²) in [7, 11) is 0. The van der Waals surface area contributed by atoms with Crippen LogP contribution in [0.5, 0.6) is 0 Å². The number of benzene rings is 2. The van der Waals surface area contributed by atoms with E-state index in [4.69, 9.17) is 16.0 Å². The van der Waals surface area contributed by atoms with Gasteiger partial charge in [-0.25, -0.2) is 14.4 Å². The number of aromatic nitrogens is 2. The van der Waals surface area contributed by atoms with E-state index in [1.807, 2.05) is 18.2 Å². The van der Waals surface area contributed by atoms with Gasteiger partial charge in [-0.3, -0.25) is 0 Å². The van der Waals surface area contributed by atoms with E-state index in [1.54, 1.807) is 18.3 Å². The van der Waals surface area contributed by atoms with E-state index < -0.39 is 0 Å². The molecule has 0 radical (unpaired) electrons. The van der Waals surface area contributed by atoms with Crippen LogP contribution in [-0.4, -0.2) is 9.97 Å². The fourth-order valence-electron chi connectivity index (χ4n) is 2.34. The molecule has 0 bridgehead atoms. The molecule has 0 saturated heterocycles. The monoisotopic (exact) mass is 359 g/mol. The van der Waals surface area contributed by atoms with Crippen LogP contribution in [0.3, 0.4) is 0 Å². The molecule has 2 heterocycles. The molecule has 4 rings (SSSR count). The Morgan fingerprint density at radius 2 is 2.12 bits per heavy atom. The highest BCUT2D eigenvalue weighted by Crippen LogP contribution is 2.27. The molecule has 1 N–H and O–H groups in total. The second kappa shape index (κ2) is 6.22. The summed E-state index contributed by atoms with van der Waals surface area (Å²) in [6.45, 7) is 0.629. The molecule has 4 aromatic rings. The van der Waals surface area contributed by atoms with Crippen molar-refractivity contribution in [3.63, 3.8) is 0 Å². The van der Waals surface area contributed by atoms with Gasteiger partial charge in [-0.15, -0.1) is 11.3 Å². The number of oxazole rings is 1. The molecule has 4 nitrogen and oxygen atoms in total. The molecule has 0 aliphatic carbocycles. The van der Waals surface area contributed by atoms with Crippen LogP contribution in [0, 0.1) is 5.82 Å². The molecule has 0 aliphatic rings. The predicted molar refractivity (Wildman–Crippen MR) is 93.9 cm³/mol. The summed E-state index contributed by atoms with van der Waals surface area (Å²) in [4.78, 5) is 9.49. The van der Waals surface area contributed by atoms with E-state index >= 15 is 0 Å². The Bertz CT molecular complexity index is 1010. The number of hydrogen-bond acceptors (Lipinski definition) is 5. The summed E-state index contributed by atoms with van der Waals surface area (Å²) in [6, 6.07) is 11.8. The van der Waals surface area contributed by atoms with E-state index in [0.717, 1.165) is 10.6 Å². The molecule has 24 heavy (non-hydrogen) atoms. The van der Waals surface area contributed by atoms with Crippen LogP contribution in [0.4, 0.5) is 10.1 Å². The molecule has 0 fully saturated rings. The third kappa shape index (κ3) is 3.11. The van der Waals surface area contributed by atoms with E-state index in [0.29, 0.717) is 33.6 Å². The fraction of sp³-hybridized carbons (Fsp3) is 0.0588. The number of hydrogen-bond donors (Lipinski definition) is 1. The van der Waals surface area contributed by atoms with Gasteiger partial charge in [0.2, 0.25) is 5.89 Å². The average molecular weight is 360 g/mol. The van der Waals surface area contributed by atoms with E-state index in [-0.39, 0.29) is 5.82 Å². The normalized spacial score (nSPS) is 11.1. The first-order chi connectivity index (χ1) is 11.7. The van der Waals surface area contributed by atoms with Crippen LogP contribution in [-0.2, 0) is 6.54 Å².